The molecule has 2 aromatic carbocycles. The van der Waals surface area contributed by atoms with Crippen molar-refractivity contribution in [1.82, 2.24) is 10.2 Å². The zero-order chi connectivity index (χ0) is 18.9. The third kappa shape index (κ3) is 5.97. The van der Waals surface area contributed by atoms with E-state index >= 15 is 0 Å². The predicted molar refractivity (Wildman–Crippen MR) is 113 cm³/mol. The number of nitrogens with one attached hydrogen (secondary N) is 1. The number of anilines is 1. The molecule has 1 heterocycles. The molecule has 0 spiro atoms. The van der Waals surface area contributed by atoms with Crippen molar-refractivity contribution in [3.63, 3.8) is 0 Å². The number of para-hydroxylation sites is 1. The molecule has 1 fully saturated rings. The second-order valence-electron chi connectivity index (χ2n) is 7.07. The van der Waals surface area contributed by atoms with Crippen molar-refractivity contribution in [2.45, 2.75) is 19.4 Å². The highest BCUT2D eigenvalue weighted by atomic mass is 16.1. The van der Waals surface area contributed by atoms with Gasteiger partial charge >= 0.3 is 0 Å². The maximum absolute atomic E-state index is 12.2. The number of nitrogens with zero attached hydrogens (tertiary/aromatic N) is 2. The minimum absolute atomic E-state index is 0.0756. The van der Waals surface area contributed by atoms with Crippen molar-refractivity contribution in [1.29, 1.82) is 0 Å². The number of hydrogen-bond acceptors (Lipinski definition) is 3. The molecule has 4 heteroatoms. The molecule has 142 valence electrons. The van der Waals surface area contributed by atoms with Crippen LogP contribution in [0, 0.1) is 0 Å². The van der Waals surface area contributed by atoms with Crippen molar-refractivity contribution in [3.05, 3.63) is 71.8 Å². The Kier molecular flexibility index (Phi) is 7.05. The maximum Gasteiger partial charge on any atom is 0.244 e. The highest BCUT2D eigenvalue weighted by Crippen LogP contribution is 2.20. The lowest BCUT2D eigenvalue weighted by Crippen LogP contribution is -2.31. The summed E-state index contributed by atoms with van der Waals surface area (Å²) in [6.45, 7) is 5.06. The molecule has 0 radical (unpaired) electrons. The summed E-state index contributed by atoms with van der Waals surface area (Å²) >= 11 is 0. The van der Waals surface area contributed by atoms with Crippen LogP contribution in [0.5, 0.6) is 0 Å². The van der Waals surface area contributed by atoms with Gasteiger partial charge in [0.25, 0.3) is 0 Å². The minimum Gasteiger partial charge on any atom is -0.373 e. The third-order valence-corrected chi connectivity index (χ3v) is 5.02. The summed E-state index contributed by atoms with van der Waals surface area (Å²) in [6, 6.07) is 18.2. The van der Waals surface area contributed by atoms with Gasteiger partial charge in [-0.15, -0.1) is 0 Å². The molecule has 0 unspecified atom stereocenters. The molecule has 0 aromatic heterocycles. The van der Waals surface area contributed by atoms with Crippen LogP contribution in [-0.4, -0.2) is 44.0 Å². The molecule has 1 aliphatic heterocycles. The number of likely N-dealkylation sites (tertiary alicyclic amines) is 1. The van der Waals surface area contributed by atoms with E-state index in [1.165, 1.54) is 25.9 Å². The Labute approximate surface area is 162 Å². The Balaban J connectivity index is 1.55. The summed E-state index contributed by atoms with van der Waals surface area (Å²) in [5.41, 5.74) is 3.32. The summed E-state index contributed by atoms with van der Waals surface area (Å²) in [6.07, 6.45) is 6.17. The van der Waals surface area contributed by atoms with E-state index in [-0.39, 0.29) is 5.91 Å². The monoisotopic (exact) mass is 363 g/mol. The van der Waals surface area contributed by atoms with Crippen LogP contribution in [0.1, 0.15) is 24.0 Å². The van der Waals surface area contributed by atoms with E-state index in [4.69, 9.17) is 0 Å². The quantitative estimate of drug-likeness (QED) is 0.729. The molecule has 3 rings (SSSR count). The molecular formula is C23H29N3O. The number of amides is 1. The van der Waals surface area contributed by atoms with Gasteiger partial charge in [-0.1, -0.05) is 48.5 Å². The Bertz CT molecular complexity index is 751. The van der Waals surface area contributed by atoms with Crippen LogP contribution in [0.2, 0.25) is 0 Å². The topological polar surface area (TPSA) is 35.6 Å². The van der Waals surface area contributed by atoms with Crippen molar-refractivity contribution in [3.8, 4) is 0 Å². The first-order valence-corrected chi connectivity index (χ1v) is 9.75. The van der Waals surface area contributed by atoms with E-state index in [0.717, 1.165) is 29.9 Å². The smallest absolute Gasteiger partial charge is 0.244 e. The van der Waals surface area contributed by atoms with E-state index in [9.17, 15) is 4.79 Å². The Morgan fingerprint density at radius 3 is 2.56 bits per heavy atom. The molecule has 1 amide bonds. The molecule has 27 heavy (non-hydrogen) atoms. The third-order valence-electron chi connectivity index (χ3n) is 5.02. The van der Waals surface area contributed by atoms with Crippen LogP contribution >= 0.6 is 0 Å². The van der Waals surface area contributed by atoms with Gasteiger partial charge in [0.15, 0.2) is 0 Å². The average Bonchev–Trinajstić information content (AvgIpc) is 3.23. The van der Waals surface area contributed by atoms with Gasteiger partial charge in [-0.2, -0.15) is 0 Å². The Morgan fingerprint density at radius 2 is 1.78 bits per heavy atom. The molecule has 2 aromatic rings. The Hall–Kier alpha value is -2.59. The number of hydrogen-bond donors (Lipinski definition) is 1. The molecular weight excluding hydrogens is 334 g/mol. The zero-order valence-electron chi connectivity index (χ0n) is 16.1. The van der Waals surface area contributed by atoms with Gasteiger partial charge in [-0.3, -0.25) is 4.79 Å². The largest absolute Gasteiger partial charge is 0.373 e. The van der Waals surface area contributed by atoms with Crippen LogP contribution in [0.3, 0.4) is 0 Å². The molecule has 4 nitrogen and oxygen atoms in total. The van der Waals surface area contributed by atoms with Crippen LogP contribution in [-0.2, 0) is 11.3 Å². The number of carbonyl (C=O) groups excluding carboxylic acids is 1. The van der Waals surface area contributed by atoms with E-state index in [1.54, 1.807) is 6.08 Å². The summed E-state index contributed by atoms with van der Waals surface area (Å²) < 4.78 is 0. The summed E-state index contributed by atoms with van der Waals surface area (Å²) in [7, 11) is 2.12. The van der Waals surface area contributed by atoms with Crippen LogP contribution in [0.4, 0.5) is 5.69 Å². The van der Waals surface area contributed by atoms with Gasteiger partial charge < -0.3 is 15.1 Å². The number of carbonyl (C=O) groups is 1. The number of benzene rings is 2. The van der Waals surface area contributed by atoms with E-state index < -0.39 is 0 Å². The van der Waals surface area contributed by atoms with Crippen molar-refractivity contribution in [2.75, 3.05) is 38.1 Å². The van der Waals surface area contributed by atoms with Crippen LogP contribution in [0.25, 0.3) is 6.08 Å². The molecule has 1 N–H and O–H groups in total. The number of rotatable bonds is 8. The molecule has 0 atom stereocenters. The fourth-order valence-electron chi connectivity index (χ4n) is 3.40. The van der Waals surface area contributed by atoms with Gasteiger partial charge in [0, 0.05) is 38.4 Å². The normalized spacial score (nSPS) is 14.6. The summed E-state index contributed by atoms with van der Waals surface area (Å²) in [5.74, 6) is -0.0756. The van der Waals surface area contributed by atoms with E-state index in [0.29, 0.717) is 6.54 Å². The van der Waals surface area contributed by atoms with Crippen LogP contribution in [0.15, 0.2) is 60.7 Å². The van der Waals surface area contributed by atoms with Gasteiger partial charge in [0.1, 0.15) is 0 Å². The van der Waals surface area contributed by atoms with E-state index in [2.05, 4.69) is 40.4 Å². The fraction of sp³-hybridized carbons (Fsp3) is 0.348. The molecule has 0 aliphatic carbocycles. The molecule has 1 aliphatic rings. The highest BCUT2D eigenvalue weighted by Gasteiger charge is 2.12. The van der Waals surface area contributed by atoms with Crippen molar-refractivity contribution in [2.24, 2.45) is 0 Å². The summed E-state index contributed by atoms with van der Waals surface area (Å²) in [4.78, 5) is 16.9. The second-order valence-corrected chi connectivity index (χ2v) is 7.07. The lowest BCUT2D eigenvalue weighted by molar-refractivity contribution is -0.116. The van der Waals surface area contributed by atoms with Crippen molar-refractivity contribution >= 4 is 17.7 Å². The molecule has 0 saturated carbocycles. The first-order chi connectivity index (χ1) is 13.2. The van der Waals surface area contributed by atoms with Crippen LogP contribution < -0.4 is 10.2 Å². The first kappa shape index (κ1) is 19.2. The fourth-order valence-corrected chi connectivity index (χ4v) is 3.40. The lowest BCUT2D eigenvalue weighted by atomic mass is 10.1. The first-order valence-electron chi connectivity index (χ1n) is 9.75. The predicted octanol–water partition coefficient (Wildman–Crippen LogP) is 3.55. The highest BCUT2D eigenvalue weighted by molar-refractivity contribution is 5.92. The maximum atomic E-state index is 12.2. The summed E-state index contributed by atoms with van der Waals surface area (Å²) in [5, 5.41) is 2.93. The lowest BCUT2D eigenvalue weighted by Gasteiger charge is -2.24. The van der Waals surface area contributed by atoms with Gasteiger partial charge in [0.2, 0.25) is 5.91 Å². The minimum atomic E-state index is -0.0756. The standard InChI is InChI=1S/C23H29N3O/c1-25(17-18-26-15-7-8-16-26)22-12-6-5-11-21(22)13-14-23(27)24-19-20-9-3-2-4-10-20/h2-6,9-14H,7-8,15-19H2,1H3,(H,24,27)/b14-13+. The van der Waals surface area contributed by atoms with Gasteiger partial charge in [-0.25, -0.2) is 0 Å². The van der Waals surface area contributed by atoms with Crippen molar-refractivity contribution < 1.29 is 4.79 Å². The Morgan fingerprint density at radius 1 is 1.07 bits per heavy atom. The SMILES string of the molecule is CN(CCN1CCCC1)c1ccccc1/C=C/C(=O)NCc1ccccc1. The van der Waals surface area contributed by atoms with Gasteiger partial charge in [-0.05, 0) is 49.2 Å². The second kappa shape index (κ2) is 9.93. The average molecular weight is 364 g/mol. The molecule has 0 bridgehead atoms. The molecule has 1 saturated heterocycles. The van der Waals surface area contributed by atoms with Gasteiger partial charge in [0.05, 0.1) is 0 Å². The zero-order valence-corrected chi connectivity index (χ0v) is 16.1. The number of likely N-dealkylation sites (N-methyl/N-ethyl adjacent to an activating group) is 1. The van der Waals surface area contributed by atoms with E-state index in [1.807, 2.05) is 42.5 Å².